The summed E-state index contributed by atoms with van der Waals surface area (Å²) < 4.78 is 8.08. The first-order valence-corrected chi connectivity index (χ1v) is 12.4. The van der Waals surface area contributed by atoms with Gasteiger partial charge >= 0.3 is 0 Å². The topological polar surface area (TPSA) is 81.9 Å². The molecular formula is C23H29N5O2S2. The lowest BCUT2D eigenvalue weighted by molar-refractivity contribution is -0.115. The Morgan fingerprint density at radius 3 is 2.62 bits per heavy atom. The Bertz CT molecular complexity index is 1020. The number of rotatable bonds is 11. The van der Waals surface area contributed by atoms with Gasteiger partial charge in [0.15, 0.2) is 22.2 Å². The van der Waals surface area contributed by atoms with Gasteiger partial charge in [0, 0.05) is 18.1 Å². The number of aromatic nitrogens is 4. The second kappa shape index (κ2) is 11.3. The summed E-state index contributed by atoms with van der Waals surface area (Å²) in [5, 5.41) is 14.4. The van der Waals surface area contributed by atoms with E-state index in [1.807, 2.05) is 35.9 Å². The van der Waals surface area contributed by atoms with Gasteiger partial charge in [-0.25, -0.2) is 4.98 Å². The van der Waals surface area contributed by atoms with Gasteiger partial charge in [0.2, 0.25) is 5.91 Å². The molecule has 1 N–H and O–H groups in total. The quantitative estimate of drug-likeness (QED) is 0.286. The Morgan fingerprint density at radius 2 is 2.03 bits per heavy atom. The van der Waals surface area contributed by atoms with Gasteiger partial charge in [-0.15, -0.1) is 28.1 Å². The summed E-state index contributed by atoms with van der Waals surface area (Å²) in [6, 6.07) is 8.11. The third kappa shape index (κ3) is 5.98. The van der Waals surface area contributed by atoms with Crippen LogP contribution in [-0.2, 0) is 11.3 Å². The molecule has 2 aromatic heterocycles. The van der Waals surface area contributed by atoms with Crippen molar-refractivity contribution in [3.8, 4) is 5.75 Å². The zero-order chi connectivity index (χ0) is 23.1. The smallest absolute Gasteiger partial charge is 0.239 e. The minimum atomic E-state index is -0.320. The van der Waals surface area contributed by atoms with Crippen molar-refractivity contribution in [3.63, 3.8) is 0 Å². The summed E-state index contributed by atoms with van der Waals surface area (Å²) in [4.78, 5) is 16.8. The normalized spacial score (nSPS) is 13.0. The molecule has 170 valence electrons. The van der Waals surface area contributed by atoms with Crippen molar-refractivity contribution in [1.29, 1.82) is 0 Å². The highest BCUT2D eigenvalue weighted by atomic mass is 32.2. The molecule has 32 heavy (non-hydrogen) atoms. The number of carbonyl (C=O) groups excluding carboxylic acids is 1. The Labute approximate surface area is 197 Å². The molecule has 0 aliphatic rings. The molecule has 0 aliphatic carbocycles. The molecule has 0 radical (unpaired) electrons. The number of ether oxygens (including phenoxy) is 1. The van der Waals surface area contributed by atoms with Crippen molar-refractivity contribution in [2.45, 2.75) is 63.1 Å². The van der Waals surface area contributed by atoms with E-state index in [9.17, 15) is 4.79 Å². The predicted molar refractivity (Wildman–Crippen MR) is 130 cm³/mol. The lowest BCUT2D eigenvalue weighted by atomic mass is 10.0. The van der Waals surface area contributed by atoms with Crippen LogP contribution in [0.5, 0.6) is 5.75 Å². The van der Waals surface area contributed by atoms with Gasteiger partial charge in [0.1, 0.15) is 5.75 Å². The molecule has 0 fully saturated rings. The van der Waals surface area contributed by atoms with Crippen LogP contribution in [0.15, 0.2) is 53.7 Å². The molecule has 0 saturated carbocycles. The number of nitrogens with zero attached hydrogens (tertiary/aromatic N) is 4. The number of hydrogen-bond acceptors (Lipinski definition) is 7. The fourth-order valence-corrected chi connectivity index (χ4v) is 4.60. The summed E-state index contributed by atoms with van der Waals surface area (Å²) in [6.07, 6.45) is 3.79. The van der Waals surface area contributed by atoms with Crippen molar-refractivity contribution in [1.82, 2.24) is 19.7 Å². The van der Waals surface area contributed by atoms with Crippen LogP contribution in [0, 0.1) is 0 Å². The van der Waals surface area contributed by atoms with Crippen molar-refractivity contribution in [2.24, 2.45) is 0 Å². The zero-order valence-corrected chi connectivity index (χ0v) is 20.4. The molecule has 0 bridgehead atoms. The first-order chi connectivity index (χ1) is 15.4. The highest BCUT2D eigenvalue weighted by Gasteiger charge is 2.25. The zero-order valence-electron chi connectivity index (χ0n) is 18.8. The number of thioether (sulfide) groups is 1. The minimum Gasteiger partial charge on any atom is -0.483 e. The number of nitrogens with one attached hydrogen (secondary N) is 1. The minimum absolute atomic E-state index is 0.100. The number of benzene rings is 1. The highest BCUT2D eigenvalue weighted by Crippen LogP contribution is 2.29. The van der Waals surface area contributed by atoms with E-state index in [-0.39, 0.29) is 17.3 Å². The molecule has 0 aliphatic heterocycles. The van der Waals surface area contributed by atoms with E-state index in [1.165, 1.54) is 28.7 Å². The number of amides is 1. The second-order valence-corrected chi connectivity index (χ2v) is 9.63. The van der Waals surface area contributed by atoms with Gasteiger partial charge < -0.3 is 10.1 Å². The molecular weight excluding hydrogens is 442 g/mol. The maximum Gasteiger partial charge on any atom is 0.239 e. The largest absolute Gasteiger partial charge is 0.483 e. The third-order valence-electron chi connectivity index (χ3n) is 4.85. The molecule has 3 aromatic rings. The van der Waals surface area contributed by atoms with E-state index in [4.69, 9.17) is 4.74 Å². The van der Waals surface area contributed by atoms with Gasteiger partial charge in [-0.1, -0.05) is 50.7 Å². The summed E-state index contributed by atoms with van der Waals surface area (Å²) in [5.41, 5.74) is 1.26. The fraction of sp³-hybridized carbons (Fsp3) is 0.391. The van der Waals surface area contributed by atoms with Crippen molar-refractivity contribution < 1.29 is 9.53 Å². The van der Waals surface area contributed by atoms with E-state index < -0.39 is 0 Å². The first kappa shape index (κ1) is 24.0. The molecule has 1 aromatic carbocycles. The Morgan fingerprint density at radius 1 is 1.28 bits per heavy atom. The SMILES string of the molecule is C=CCn1c(SC(CC)C(=O)Nc2nccs2)nnc1C(C)Oc1ccc(C(C)C)cc1. The van der Waals surface area contributed by atoms with Crippen molar-refractivity contribution in [3.05, 3.63) is 59.9 Å². The fourth-order valence-electron chi connectivity index (χ4n) is 3.10. The number of allylic oxidation sites excluding steroid dienone is 1. The summed E-state index contributed by atoms with van der Waals surface area (Å²) >= 11 is 2.78. The van der Waals surface area contributed by atoms with E-state index in [1.54, 1.807) is 12.3 Å². The molecule has 2 atom stereocenters. The molecule has 7 nitrogen and oxygen atoms in total. The predicted octanol–water partition coefficient (Wildman–Crippen LogP) is 5.69. The van der Waals surface area contributed by atoms with Crippen LogP contribution in [0.25, 0.3) is 0 Å². The standard InChI is InChI=1S/C23H29N5O2S2/c1-6-13-28-20(16(5)30-18-10-8-17(9-11-18)15(3)4)26-27-23(28)32-19(7-2)21(29)25-22-24-12-14-31-22/h6,8-12,14-16,19H,1,7,13H2,2-5H3,(H,24,25,29). The Kier molecular flexibility index (Phi) is 8.46. The third-order valence-corrected chi connectivity index (χ3v) is 6.89. The average Bonchev–Trinajstić information content (AvgIpc) is 3.42. The number of hydrogen-bond donors (Lipinski definition) is 1. The molecule has 0 saturated heterocycles. The monoisotopic (exact) mass is 471 g/mol. The lowest BCUT2D eigenvalue weighted by Gasteiger charge is -2.17. The van der Waals surface area contributed by atoms with Gasteiger partial charge in [-0.05, 0) is 37.0 Å². The number of anilines is 1. The van der Waals surface area contributed by atoms with Crippen LogP contribution in [0.1, 0.15) is 57.5 Å². The maximum absolute atomic E-state index is 12.7. The molecule has 9 heteroatoms. The number of carbonyl (C=O) groups is 1. The average molecular weight is 472 g/mol. The van der Waals surface area contributed by atoms with E-state index >= 15 is 0 Å². The van der Waals surface area contributed by atoms with E-state index in [2.05, 4.69) is 53.1 Å². The summed E-state index contributed by atoms with van der Waals surface area (Å²) in [6.45, 7) is 12.6. The first-order valence-electron chi connectivity index (χ1n) is 10.6. The van der Waals surface area contributed by atoms with Gasteiger partial charge in [0.05, 0.1) is 5.25 Å². The maximum atomic E-state index is 12.7. The summed E-state index contributed by atoms with van der Waals surface area (Å²) in [7, 11) is 0. The van der Waals surface area contributed by atoms with Crippen molar-refractivity contribution in [2.75, 3.05) is 5.32 Å². The van der Waals surface area contributed by atoms with Gasteiger partial charge in [0.25, 0.3) is 0 Å². The van der Waals surface area contributed by atoms with Crippen LogP contribution >= 0.6 is 23.1 Å². The van der Waals surface area contributed by atoms with Crippen LogP contribution in [0.3, 0.4) is 0 Å². The van der Waals surface area contributed by atoms with Crippen molar-refractivity contribution >= 4 is 34.1 Å². The van der Waals surface area contributed by atoms with Crippen LogP contribution in [-0.4, -0.2) is 30.9 Å². The molecule has 2 heterocycles. The molecule has 0 spiro atoms. The lowest BCUT2D eigenvalue weighted by Crippen LogP contribution is -2.25. The summed E-state index contributed by atoms with van der Waals surface area (Å²) in [5.74, 6) is 1.83. The van der Waals surface area contributed by atoms with Crippen LogP contribution < -0.4 is 10.1 Å². The molecule has 3 rings (SSSR count). The Balaban J connectivity index is 1.74. The molecule has 2 unspecified atom stereocenters. The van der Waals surface area contributed by atoms with E-state index in [0.29, 0.717) is 35.0 Å². The number of thiazole rings is 1. The van der Waals surface area contributed by atoms with Crippen LogP contribution in [0.2, 0.25) is 0 Å². The molecule has 1 amide bonds. The van der Waals surface area contributed by atoms with Gasteiger partial charge in [-0.2, -0.15) is 0 Å². The van der Waals surface area contributed by atoms with E-state index in [0.717, 1.165) is 5.75 Å². The van der Waals surface area contributed by atoms with Gasteiger partial charge in [-0.3, -0.25) is 9.36 Å². The van der Waals surface area contributed by atoms with Crippen LogP contribution in [0.4, 0.5) is 5.13 Å². The second-order valence-electron chi connectivity index (χ2n) is 7.57. The Hall–Kier alpha value is -2.65. The highest BCUT2D eigenvalue weighted by molar-refractivity contribution is 8.00.